The van der Waals surface area contributed by atoms with Crippen LogP contribution in [0, 0.1) is 5.41 Å². The van der Waals surface area contributed by atoms with Gasteiger partial charge in [0.2, 0.25) is 5.91 Å². The molecule has 0 radical (unpaired) electrons. The molecule has 3 N–H and O–H groups in total. The van der Waals surface area contributed by atoms with Gasteiger partial charge in [0.15, 0.2) is 0 Å². The van der Waals surface area contributed by atoms with Crippen LogP contribution in [0.5, 0.6) is 0 Å². The number of rotatable bonds is 5. The minimum Gasteiger partial charge on any atom is -0.481 e. The molecule has 1 saturated heterocycles. The minimum absolute atomic E-state index is 0.0235. The van der Waals surface area contributed by atoms with Gasteiger partial charge in [-0.25, -0.2) is 0 Å². The third kappa shape index (κ3) is 3.48. The highest BCUT2D eigenvalue weighted by molar-refractivity contribution is 5.83. The largest absolute Gasteiger partial charge is 0.481 e. The lowest BCUT2D eigenvalue weighted by Crippen LogP contribution is -2.44. The summed E-state index contributed by atoms with van der Waals surface area (Å²) >= 11 is 0. The van der Waals surface area contributed by atoms with Crippen molar-refractivity contribution in [3.8, 4) is 0 Å². The van der Waals surface area contributed by atoms with Crippen molar-refractivity contribution in [2.75, 3.05) is 13.1 Å². The van der Waals surface area contributed by atoms with Crippen molar-refractivity contribution in [1.29, 1.82) is 0 Å². The van der Waals surface area contributed by atoms with Gasteiger partial charge >= 0.3 is 5.97 Å². The van der Waals surface area contributed by atoms with E-state index in [-0.39, 0.29) is 23.8 Å². The Labute approximate surface area is 95.6 Å². The molecular weight excluding hydrogens is 208 g/mol. The molecule has 0 aromatic carbocycles. The smallest absolute Gasteiger partial charge is 0.303 e. The number of hydrogen-bond donors (Lipinski definition) is 3. The molecule has 0 aliphatic carbocycles. The van der Waals surface area contributed by atoms with Crippen LogP contribution in [0.25, 0.3) is 0 Å². The number of carbonyl (C=O) groups is 2. The van der Waals surface area contributed by atoms with Crippen molar-refractivity contribution in [2.45, 2.75) is 39.2 Å². The molecule has 0 saturated carbocycles. The molecule has 5 nitrogen and oxygen atoms in total. The molecule has 1 amide bonds. The summed E-state index contributed by atoms with van der Waals surface area (Å²) in [6.45, 7) is 5.34. The Bertz CT molecular complexity index is 272. The van der Waals surface area contributed by atoms with E-state index in [1.807, 2.05) is 13.8 Å². The maximum absolute atomic E-state index is 11.9. The summed E-state index contributed by atoms with van der Waals surface area (Å²) in [5, 5.41) is 14.6. The van der Waals surface area contributed by atoms with Gasteiger partial charge in [0.05, 0.1) is 5.41 Å². The molecule has 0 aromatic rings. The number of hydrogen-bond acceptors (Lipinski definition) is 3. The van der Waals surface area contributed by atoms with Gasteiger partial charge in [0.1, 0.15) is 0 Å². The van der Waals surface area contributed by atoms with Gasteiger partial charge in [-0.1, -0.05) is 0 Å². The monoisotopic (exact) mass is 228 g/mol. The van der Waals surface area contributed by atoms with Crippen molar-refractivity contribution in [3.63, 3.8) is 0 Å². The second-order valence-corrected chi connectivity index (χ2v) is 4.79. The Morgan fingerprint density at radius 2 is 2.25 bits per heavy atom. The maximum Gasteiger partial charge on any atom is 0.303 e. The van der Waals surface area contributed by atoms with E-state index in [1.54, 1.807) is 0 Å². The van der Waals surface area contributed by atoms with E-state index in [0.717, 1.165) is 13.0 Å². The zero-order valence-electron chi connectivity index (χ0n) is 9.88. The molecule has 16 heavy (non-hydrogen) atoms. The third-order valence-electron chi connectivity index (χ3n) is 3.09. The van der Waals surface area contributed by atoms with Crippen LogP contribution in [0.3, 0.4) is 0 Å². The van der Waals surface area contributed by atoms with E-state index in [4.69, 9.17) is 5.11 Å². The van der Waals surface area contributed by atoms with E-state index in [2.05, 4.69) is 10.6 Å². The van der Waals surface area contributed by atoms with Crippen molar-refractivity contribution < 1.29 is 14.7 Å². The highest BCUT2D eigenvalue weighted by Crippen LogP contribution is 2.24. The average molecular weight is 228 g/mol. The molecule has 2 atom stereocenters. The number of carboxylic acid groups (broad SMARTS) is 1. The van der Waals surface area contributed by atoms with E-state index < -0.39 is 5.97 Å². The van der Waals surface area contributed by atoms with E-state index in [1.165, 1.54) is 0 Å². The topological polar surface area (TPSA) is 78.4 Å². The Balaban J connectivity index is 2.35. The van der Waals surface area contributed by atoms with E-state index in [0.29, 0.717) is 13.0 Å². The van der Waals surface area contributed by atoms with E-state index >= 15 is 0 Å². The van der Waals surface area contributed by atoms with Crippen LogP contribution in [0.15, 0.2) is 0 Å². The molecule has 1 rings (SSSR count). The lowest BCUT2D eigenvalue weighted by molar-refractivity contribution is -0.137. The lowest BCUT2D eigenvalue weighted by atomic mass is 9.88. The number of aliphatic carboxylic acids is 1. The van der Waals surface area contributed by atoms with Gasteiger partial charge in [-0.3, -0.25) is 9.59 Å². The van der Waals surface area contributed by atoms with Gasteiger partial charge in [0, 0.05) is 19.0 Å². The first kappa shape index (κ1) is 13.0. The van der Waals surface area contributed by atoms with Crippen LogP contribution in [-0.4, -0.2) is 36.1 Å². The standard InChI is InChI=1S/C11H20N2O3/c1-8(3-4-9(14)15)13-10(16)11(2)5-6-12-7-11/h8,12H,3-7H2,1-2H3,(H,13,16)(H,14,15). The number of carbonyl (C=O) groups excluding carboxylic acids is 1. The van der Waals surface area contributed by atoms with Crippen LogP contribution in [0.1, 0.15) is 33.1 Å². The predicted octanol–water partition coefficient (Wildman–Crippen LogP) is 0.356. The summed E-state index contributed by atoms with van der Waals surface area (Å²) in [6, 6.07) is -0.0824. The maximum atomic E-state index is 11.9. The molecule has 0 spiro atoms. The molecule has 1 aliphatic heterocycles. The quantitative estimate of drug-likeness (QED) is 0.634. The zero-order chi connectivity index (χ0) is 12.2. The minimum atomic E-state index is -0.824. The highest BCUT2D eigenvalue weighted by Gasteiger charge is 2.36. The molecule has 1 aliphatic rings. The molecule has 0 aromatic heterocycles. The third-order valence-corrected chi connectivity index (χ3v) is 3.09. The Hall–Kier alpha value is -1.10. The Morgan fingerprint density at radius 3 is 2.75 bits per heavy atom. The zero-order valence-corrected chi connectivity index (χ0v) is 9.88. The second-order valence-electron chi connectivity index (χ2n) is 4.79. The summed E-state index contributed by atoms with van der Waals surface area (Å²) in [5.74, 6) is -0.801. The first-order chi connectivity index (χ1) is 7.44. The van der Waals surface area contributed by atoms with Crippen LogP contribution >= 0.6 is 0 Å². The molecule has 2 unspecified atom stereocenters. The van der Waals surface area contributed by atoms with Crippen LogP contribution in [0.2, 0.25) is 0 Å². The highest BCUT2D eigenvalue weighted by atomic mass is 16.4. The molecule has 1 fully saturated rings. The molecule has 92 valence electrons. The van der Waals surface area contributed by atoms with E-state index in [9.17, 15) is 9.59 Å². The Morgan fingerprint density at radius 1 is 1.56 bits per heavy atom. The first-order valence-electron chi connectivity index (χ1n) is 5.67. The summed E-state index contributed by atoms with van der Waals surface area (Å²) in [5.41, 5.74) is -0.336. The molecule has 5 heteroatoms. The van der Waals surface area contributed by atoms with Crippen molar-refractivity contribution >= 4 is 11.9 Å². The molecule has 1 heterocycles. The Kier molecular flexibility index (Phi) is 4.29. The fraction of sp³-hybridized carbons (Fsp3) is 0.818. The van der Waals surface area contributed by atoms with Gasteiger partial charge in [-0.05, 0) is 33.2 Å². The average Bonchev–Trinajstić information content (AvgIpc) is 2.63. The fourth-order valence-corrected chi connectivity index (χ4v) is 1.82. The fourth-order valence-electron chi connectivity index (χ4n) is 1.82. The summed E-state index contributed by atoms with van der Waals surface area (Å²) in [6.07, 6.45) is 1.41. The second kappa shape index (κ2) is 5.30. The normalized spacial score (nSPS) is 26.4. The van der Waals surface area contributed by atoms with Crippen molar-refractivity contribution in [1.82, 2.24) is 10.6 Å². The van der Waals surface area contributed by atoms with Crippen molar-refractivity contribution in [3.05, 3.63) is 0 Å². The number of carboxylic acids is 1. The number of amides is 1. The summed E-state index contributed by atoms with van der Waals surface area (Å²) in [7, 11) is 0. The van der Waals surface area contributed by atoms with Gasteiger partial charge in [-0.15, -0.1) is 0 Å². The lowest BCUT2D eigenvalue weighted by Gasteiger charge is -2.24. The predicted molar refractivity (Wildman–Crippen MR) is 60.1 cm³/mol. The SMILES string of the molecule is CC(CCC(=O)O)NC(=O)C1(C)CCNC1. The molecule has 0 bridgehead atoms. The van der Waals surface area contributed by atoms with Crippen LogP contribution in [-0.2, 0) is 9.59 Å². The first-order valence-corrected chi connectivity index (χ1v) is 5.67. The van der Waals surface area contributed by atoms with Gasteiger partial charge < -0.3 is 15.7 Å². The summed E-state index contributed by atoms with van der Waals surface area (Å²) < 4.78 is 0. The number of nitrogens with one attached hydrogen (secondary N) is 2. The molecular formula is C11H20N2O3. The van der Waals surface area contributed by atoms with Crippen LogP contribution in [0.4, 0.5) is 0 Å². The van der Waals surface area contributed by atoms with Gasteiger partial charge in [-0.2, -0.15) is 0 Å². The van der Waals surface area contributed by atoms with Crippen LogP contribution < -0.4 is 10.6 Å². The van der Waals surface area contributed by atoms with Crippen molar-refractivity contribution in [2.24, 2.45) is 5.41 Å². The van der Waals surface area contributed by atoms with Gasteiger partial charge in [0.25, 0.3) is 0 Å². The summed E-state index contributed by atoms with van der Waals surface area (Å²) in [4.78, 5) is 22.3.